The third-order valence-electron chi connectivity index (χ3n) is 14.4. The van der Waals surface area contributed by atoms with Crippen LogP contribution in [0.3, 0.4) is 0 Å². The standard InChI is InChI=1S/C25H34F2N2O2.C15H19F2NO3.C14H22O.C13H21N.C9H11BrO.C5H11.BrH.ClH.Mg/c1-16(2)9-18-7-6-8-20(10-18)25(4,5)28-15-24(31)23(29-17(3)30)13-19-11-21(26)14-22(27)12-19;1-15(2,3)21-14(19)18-12(13-8-20-13)6-9-4-10(16)7-11(17)5-9;1-13(2,3)10-11-7-6-8-12(9-11)14(4,5)15;1-10(2)8-11-6-5-7-12(9-11)13(3,4)14;1-9(2,11)7-4-3-5-8(10)6-7;1-5(2,3)4;;;/h6-8,10-12,14,16,23-24,28,31H,9,13,15H2,1-5H3,(H,29,30);4-5,7,12-13H,6,8H2,1-3H3,(H,18,19);6-9,15H,10H2,1-5H3;5-7,9-10H,8,14H2,1-4H3;3-6,11H,1-2H3;1H2,2-4H3;2*1H;/q;;;;;-1;;;+2/p-1/t23-,24+;12-,13+;;;;;;;/m00......./s1. The number of epoxide rings is 1. The average molecular weight is 1560 g/mol. The van der Waals surface area contributed by atoms with E-state index < -0.39 is 63.9 Å². The summed E-state index contributed by atoms with van der Waals surface area (Å²) in [6, 6.07) is 38.3. The third kappa shape index (κ3) is 44.3. The van der Waals surface area contributed by atoms with Gasteiger partial charge < -0.3 is 70.4 Å². The van der Waals surface area contributed by atoms with E-state index in [1.165, 1.54) is 53.4 Å². The first-order valence-electron chi connectivity index (χ1n) is 33.6. The molecule has 1 heterocycles. The quantitative estimate of drug-likeness (QED) is 0.0170. The minimum absolute atomic E-state index is 0. The van der Waals surface area contributed by atoms with Crippen molar-refractivity contribution in [1.82, 2.24) is 16.0 Å². The molecule has 1 fully saturated rings. The minimum atomic E-state index is -0.951. The number of hydrogen-bond acceptors (Lipinski definition) is 9. The summed E-state index contributed by atoms with van der Waals surface area (Å²) in [6.07, 6.45) is 1.87. The molecule has 19 heteroatoms. The fraction of sp³-hybridized carbons (Fsp3) is 0.519. The molecule has 8 N–H and O–H groups in total. The summed E-state index contributed by atoms with van der Waals surface area (Å²) in [7, 11) is 0. The number of ether oxygens (including phenoxy) is 2. The summed E-state index contributed by atoms with van der Waals surface area (Å²) in [5, 5.41) is 39.0. The maximum Gasteiger partial charge on any atom is 2.00 e. The largest absolute Gasteiger partial charge is 2.00 e. The molecule has 1 aliphatic rings. The fourth-order valence-electron chi connectivity index (χ4n) is 9.81. The number of carbonyl (C=O) groups is 2. The van der Waals surface area contributed by atoms with Crippen LogP contribution in [0.2, 0.25) is 0 Å². The molecule has 0 saturated carbocycles. The molecule has 556 valence electrons. The Morgan fingerprint density at radius 3 is 1.34 bits per heavy atom. The number of alkyl carbamates (subject to hydrolysis) is 1. The van der Waals surface area contributed by atoms with E-state index in [0.717, 1.165) is 52.6 Å². The number of benzene rings is 6. The summed E-state index contributed by atoms with van der Waals surface area (Å²) >= 11 is 3.34. The van der Waals surface area contributed by atoms with Gasteiger partial charge in [0.2, 0.25) is 5.91 Å². The molecule has 6 aromatic rings. The van der Waals surface area contributed by atoms with Gasteiger partial charge in [0.15, 0.2) is 0 Å². The van der Waals surface area contributed by atoms with E-state index in [0.29, 0.717) is 29.6 Å². The number of aliphatic hydroxyl groups is 3. The number of carbonyl (C=O) groups excluding carboxylic acids is 2. The Hall–Kier alpha value is -4.44. The number of halogens is 7. The van der Waals surface area contributed by atoms with Gasteiger partial charge in [-0.3, -0.25) is 4.79 Å². The molecule has 1 aliphatic heterocycles. The molecular weight excluding hydrogens is 1440 g/mol. The van der Waals surface area contributed by atoms with Crippen LogP contribution in [-0.4, -0.2) is 93.4 Å². The van der Waals surface area contributed by atoms with Crippen molar-refractivity contribution in [2.24, 2.45) is 28.4 Å². The Balaban J connectivity index is 0. The Bertz CT molecular complexity index is 3320. The van der Waals surface area contributed by atoms with Gasteiger partial charge in [-0.05, 0) is 212 Å². The van der Waals surface area contributed by atoms with Crippen LogP contribution in [0.4, 0.5) is 22.4 Å². The third-order valence-corrected chi connectivity index (χ3v) is 14.9. The Labute approximate surface area is 640 Å². The molecule has 0 spiro atoms. The van der Waals surface area contributed by atoms with E-state index in [4.69, 9.17) is 15.2 Å². The van der Waals surface area contributed by atoms with Crippen LogP contribution >= 0.6 is 28.3 Å². The molecule has 2 amide bonds. The van der Waals surface area contributed by atoms with Crippen molar-refractivity contribution in [2.45, 2.75) is 237 Å². The Kier molecular flexibility index (Phi) is 42.7. The molecule has 0 unspecified atom stereocenters. The first-order chi connectivity index (χ1) is 44.3. The number of nitrogens with two attached hydrogens (primary N) is 1. The predicted molar refractivity (Wildman–Crippen MR) is 407 cm³/mol. The summed E-state index contributed by atoms with van der Waals surface area (Å²) in [5.41, 5.74) is 12.9. The zero-order valence-corrected chi connectivity index (χ0v) is 69.2. The molecular formula is C81H119Br2ClF4MgN4O7. The monoisotopic (exact) mass is 1550 g/mol. The topological polar surface area (TPSA) is 179 Å². The smallest absolute Gasteiger partial charge is 1.00 e. The average Bonchev–Trinajstić information content (AvgIpc) is 1.47. The zero-order valence-electron chi connectivity index (χ0n) is 63.8. The van der Waals surface area contributed by atoms with Crippen LogP contribution in [0.25, 0.3) is 0 Å². The fourth-order valence-corrected chi connectivity index (χ4v) is 10.2. The van der Waals surface area contributed by atoms with Crippen LogP contribution in [0, 0.1) is 52.9 Å². The second-order valence-electron chi connectivity index (χ2n) is 31.9. The van der Waals surface area contributed by atoms with Crippen LogP contribution in [0.1, 0.15) is 202 Å². The van der Waals surface area contributed by atoms with E-state index in [9.17, 15) is 42.5 Å². The van der Waals surface area contributed by atoms with Crippen molar-refractivity contribution in [2.75, 3.05) is 13.2 Å². The minimum Gasteiger partial charge on any atom is -1.00 e. The maximum absolute atomic E-state index is 13.5. The van der Waals surface area contributed by atoms with Crippen molar-refractivity contribution in [3.8, 4) is 0 Å². The normalized spacial score (nSPS) is 13.8. The summed E-state index contributed by atoms with van der Waals surface area (Å²) in [6.45, 7) is 48.2. The molecule has 1 saturated heterocycles. The molecule has 6 aromatic carbocycles. The molecule has 4 atom stereocenters. The van der Waals surface area contributed by atoms with Gasteiger partial charge in [-0.2, -0.15) is 5.41 Å². The molecule has 100 heavy (non-hydrogen) atoms. The van der Waals surface area contributed by atoms with Crippen LogP contribution in [0.5, 0.6) is 0 Å². The van der Waals surface area contributed by atoms with Gasteiger partial charge in [-0.1, -0.05) is 170 Å². The summed E-state index contributed by atoms with van der Waals surface area (Å²) < 4.78 is 64.8. The summed E-state index contributed by atoms with van der Waals surface area (Å²) in [4.78, 5) is 23.4. The second-order valence-corrected chi connectivity index (χ2v) is 32.8. The first kappa shape index (κ1) is 97.6. The van der Waals surface area contributed by atoms with Crippen molar-refractivity contribution >= 4 is 63.4 Å². The van der Waals surface area contributed by atoms with Crippen molar-refractivity contribution in [3.63, 3.8) is 0 Å². The van der Waals surface area contributed by atoms with Gasteiger partial charge in [-0.25, -0.2) is 22.4 Å². The molecule has 0 aliphatic carbocycles. The molecule has 0 bridgehead atoms. The zero-order chi connectivity index (χ0) is 74.2. The van der Waals surface area contributed by atoms with E-state index >= 15 is 0 Å². The Morgan fingerprint density at radius 1 is 0.590 bits per heavy atom. The predicted octanol–water partition coefficient (Wildman–Crippen LogP) is 15.1. The summed E-state index contributed by atoms with van der Waals surface area (Å²) in [5.74, 6) is -1.72. The molecule has 0 radical (unpaired) electrons. The molecule has 0 aromatic heterocycles. The number of hydrogen-bond donors (Lipinski definition) is 7. The SMILES string of the molecule is CC(=O)N[C@@H](Cc1cc(F)cc(F)c1)[C@H](O)CNC(C)(C)c1cccc(CC(C)C)c1.CC(C)(C)Cc1cccc(C(C)(C)O)c1.CC(C)(C)OC(=O)N[C@@H](Cc1cc(F)cc(F)c1)[C@H]1CO1.CC(C)(O)c1cccc(Br)c1.CC(C)Cc1cccc(C(C)(C)N)c1.Cl.[Br-].[CH2-]C(C)(C)C.[Mg+2]. The van der Waals surface area contributed by atoms with Gasteiger partial charge in [0, 0.05) is 41.2 Å². The van der Waals surface area contributed by atoms with Crippen LogP contribution in [-0.2, 0) is 68.7 Å². The number of nitrogens with one attached hydrogen (secondary N) is 3. The van der Waals surface area contributed by atoms with Gasteiger partial charge in [0.05, 0.1) is 36.0 Å². The van der Waals surface area contributed by atoms with E-state index in [2.05, 4.69) is 157 Å². The van der Waals surface area contributed by atoms with E-state index in [1.54, 1.807) is 34.6 Å². The van der Waals surface area contributed by atoms with Crippen molar-refractivity contribution < 1.29 is 68.9 Å². The number of aliphatic hydroxyl groups excluding tert-OH is 1. The van der Waals surface area contributed by atoms with Crippen LogP contribution < -0.4 is 38.7 Å². The Morgan fingerprint density at radius 2 is 0.970 bits per heavy atom. The van der Waals surface area contributed by atoms with Crippen molar-refractivity contribution in [3.05, 3.63) is 218 Å². The van der Waals surface area contributed by atoms with E-state index in [-0.39, 0.29) is 106 Å². The molecule has 7 rings (SSSR count). The number of rotatable bonds is 20. The second kappa shape index (κ2) is 43.7. The number of amides is 2. The first-order valence-corrected chi connectivity index (χ1v) is 34.4. The van der Waals surface area contributed by atoms with Crippen molar-refractivity contribution in [1.29, 1.82) is 0 Å². The maximum atomic E-state index is 13.5. The van der Waals surface area contributed by atoms with Crippen LogP contribution in [0.15, 0.2) is 138 Å². The van der Waals surface area contributed by atoms with Gasteiger partial charge >= 0.3 is 29.1 Å². The van der Waals surface area contributed by atoms with Gasteiger partial charge in [0.25, 0.3) is 0 Å². The molecule has 11 nitrogen and oxygen atoms in total. The van der Waals surface area contributed by atoms with E-state index in [1.807, 2.05) is 90.1 Å². The van der Waals surface area contributed by atoms with Gasteiger partial charge in [-0.15, -0.1) is 12.4 Å². The van der Waals surface area contributed by atoms with Gasteiger partial charge in [0.1, 0.15) is 35.0 Å².